The van der Waals surface area contributed by atoms with Crippen LogP contribution in [0.3, 0.4) is 0 Å². The van der Waals surface area contributed by atoms with E-state index in [2.05, 4.69) is 26.8 Å². The molecule has 76 valence electrons. The van der Waals surface area contributed by atoms with E-state index in [4.69, 9.17) is 9.47 Å². The molecule has 1 heterocycles. The van der Waals surface area contributed by atoms with Gasteiger partial charge in [0, 0.05) is 12.0 Å². The lowest BCUT2D eigenvalue weighted by molar-refractivity contribution is 0.243. The summed E-state index contributed by atoms with van der Waals surface area (Å²) in [5, 5.41) is 0. The zero-order chi connectivity index (χ0) is 10.3. The standard InChI is InChI=1S/C12H16O2/c1-7-5-8(2)11(13-4)12-10(7)6-9(3)14-12/h5,9H,6H2,1-4H3. The van der Waals surface area contributed by atoms with Crippen molar-refractivity contribution in [3.05, 3.63) is 22.8 Å². The molecular formula is C12H16O2. The quantitative estimate of drug-likeness (QED) is 0.681. The SMILES string of the molecule is COc1c(C)cc(C)c2c1OC(C)C2. The first kappa shape index (κ1) is 9.38. The van der Waals surface area contributed by atoms with Crippen molar-refractivity contribution in [2.24, 2.45) is 0 Å². The minimum atomic E-state index is 0.277. The molecule has 1 aliphatic rings. The summed E-state index contributed by atoms with van der Waals surface area (Å²) in [5.41, 5.74) is 3.76. The van der Waals surface area contributed by atoms with Crippen molar-refractivity contribution in [3.8, 4) is 11.5 Å². The second-order valence-electron chi connectivity index (χ2n) is 3.98. The number of rotatable bonds is 1. The van der Waals surface area contributed by atoms with Gasteiger partial charge in [-0.25, -0.2) is 0 Å². The lowest BCUT2D eigenvalue weighted by Gasteiger charge is -2.12. The van der Waals surface area contributed by atoms with Crippen molar-refractivity contribution in [2.75, 3.05) is 7.11 Å². The van der Waals surface area contributed by atoms with Crippen LogP contribution in [0.2, 0.25) is 0 Å². The van der Waals surface area contributed by atoms with E-state index >= 15 is 0 Å². The van der Waals surface area contributed by atoms with Gasteiger partial charge in [-0.05, 0) is 31.9 Å². The van der Waals surface area contributed by atoms with Gasteiger partial charge < -0.3 is 9.47 Å². The van der Waals surface area contributed by atoms with Gasteiger partial charge in [-0.15, -0.1) is 0 Å². The van der Waals surface area contributed by atoms with Gasteiger partial charge in [-0.2, -0.15) is 0 Å². The van der Waals surface area contributed by atoms with Crippen LogP contribution >= 0.6 is 0 Å². The normalized spacial score (nSPS) is 19.0. The molecule has 1 unspecified atom stereocenters. The third-order valence-electron chi connectivity index (χ3n) is 2.76. The minimum absolute atomic E-state index is 0.277. The van der Waals surface area contributed by atoms with Crippen molar-refractivity contribution in [1.29, 1.82) is 0 Å². The van der Waals surface area contributed by atoms with Crippen LogP contribution in [0.1, 0.15) is 23.6 Å². The summed E-state index contributed by atoms with van der Waals surface area (Å²) in [6, 6.07) is 2.17. The van der Waals surface area contributed by atoms with Crippen molar-refractivity contribution in [3.63, 3.8) is 0 Å². The van der Waals surface area contributed by atoms with Crippen LogP contribution in [0.5, 0.6) is 11.5 Å². The third kappa shape index (κ3) is 1.26. The van der Waals surface area contributed by atoms with Crippen LogP contribution in [0.25, 0.3) is 0 Å². The Bertz CT molecular complexity index is 369. The molecule has 2 nitrogen and oxygen atoms in total. The number of ether oxygens (including phenoxy) is 2. The van der Waals surface area contributed by atoms with Crippen LogP contribution in [0, 0.1) is 13.8 Å². The first-order chi connectivity index (χ1) is 6.63. The Morgan fingerprint density at radius 3 is 2.71 bits per heavy atom. The highest BCUT2D eigenvalue weighted by atomic mass is 16.5. The summed E-state index contributed by atoms with van der Waals surface area (Å²) >= 11 is 0. The summed E-state index contributed by atoms with van der Waals surface area (Å²) in [6.07, 6.45) is 1.28. The molecule has 0 fully saturated rings. The Hall–Kier alpha value is -1.18. The maximum absolute atomic E-state index is 5.77. The lowest BCUT2D eigenvalue weighted by Crippen LogP contribution is -2.05. The molecule has 2 heteroatoms. The fourth-order valence-corrected chi connectivity index (χ4v) is 2.13. The number of fused-ring (bicyclic) bond motifs is 1. The van der Waals surface area contributed by atoms with Crippen molar-refractivity contribution in [2.45, 2.75) is 33.3 Å². The summed E-state index contributed by atoms with van der Waals surface area (Å²) in [7, 11) is 1.70. The van der Waals surface area contributed by atoms with Crippen LogP contribution < -0.4 is 9.47 Å². The Kier molecular flexibility index (Phi) is 2.14. The zero-order valence-electron chi connectivity index (χ0n) is 9.18. The molecule has 0 spiro atoms. The Morgan fingerprint density at radius 1 is 1.36 bits per heavy atom. The van der Waals surface area contributed by atoms with Crippen molar-refractivity contribution >= 4 is 0 Å². The molecule has 0 N–H and O–H groups in total. The second-order valence-corrected chi connectivity index (χ2v) is 3.98. The fourth-order valence-electron chi connectivity index (χ4n) is 2.13. The van der Waals surface area contributed by atoms with Crippen molar-refractivity contribution in [1.82, 2.24) is 0 Å². The molecule has 0 aliphatic carbocycles. The molecule has 1 atom stereocenters. The number of methoxy groups -OCH3 is 1. The van der Waals surface area contributed by atoms with Crippen LogP contribution in [-0.4, -0.2) is 13.2 Å². The smallest absolute Gasteiger partial charge is 0.165 e. The van der Waals surface area contributed by atoms with E-state index in [-0.39, 0.29) is 6.10 Å². The molecule has 0 saturated heterocycles. The molecule has 2 rings (SSSR count). The summed E-state index contributed by atoms with van der Waals surface area (Å²) in [4.78, 5) is 0. The largest absolute Gasteiger partial charge is 0.493 e. The van der Waals surface area contributed by atoms with E-state index < -0.39 is 0 Å². The highest BCUT2D eigenvalue weighted by Gasteiger charge is 2.25. The van der Waals surface area contributed by atoms with Crippen LogP contribution in [0.4, 0.5) is 0 Å². The van der Waals surface area contributed by atoms with E-state index in [1.807, 2.05) is 0 Å². The van der Waals surface area contributed by atoms with Gasteiger partial charge in [0.15, 0.2) is 11.5 Å². The summed E-state index contributed by atoms with van der Waals surface area (Å²) in [6.45, 7) is 6.28. The number of hydrogen-bond donors (Lipinski definition) is 0. The summed E-state index contributed by atoms with van der Waals surface area (Å²) < 4.78 is 11.1. The molecule has 0 radical (unpaired) electrons. The average molecular weight is 192 g/mol. The fraction of sp³-hybridized carbons (Fsp3) is 0.500. The molecule has 0 bridgehead atoms. The summed E-state index contributed by atoms with van der Waals surface area (Å²) in [5.74, 6) is 1.85. The van der Waals surface area contributed by atoms with E-state index in [9.17, 15) is 0 Å². The van der Waals surface area contributed by atoms with Gasteiger partial charge in [0.25, 0.3) is 0 Å². The first-order valence-electron chi connectivity index (χ1n) is 4.97. The van der Waals surface area contributed by atoms with Gasteiger partial charge in [-0.1, -0.05) is 6.07 Å². The van der Waals surface area contributed by atoms with Gasteiger partial charge >= 0.3 is 0 Å². The monoisotopic (exact) mass is 192 g/mol. The Labute approximate surface area is 84.8 Å². The molecule has 1 aliphatic heterocycles. The molecule has 0 amide bonds. The second kappa shape index (κ2) is 3.19. The van der Waals surface area contributed by atoms with Gasteiger partial charge in [-0.3, -0.25) is 0 Å². The molecule has 1 aromatic rings. The van der Waals surface area contributed by atoms with E-state index in [0.29, 0.717) is 0 Å². The Balaban J connectivity index is 2.60. The predicted molar refractivity (Wildman–Crippen MR) is 56.3 cm³/mol. The Morgan fingerprint density at radius 2 is 2.07 bits per heavy atom. The van der Waals surface area contributed by atoms with Crippen LogP contribution in [-0.2, 0) is 6.42 Å². The first-order valence-corrected chi connectivity index (χ1v) is 4.97. The number of aryl methyl sites for hydroxylation is 2. The topological polar surface area (TPSA) is 18.5 Å². The van der Waals surface area contributed by atoms with Gasteiger partial charge in [0.1, 0.15) is 6.10 Å². The molecule has 14 heavy (non-hydrogen) atoms. The van der Waals surface area contributed by atoms with E-state index in [1.54, 1.807) is 7.11 Å². The third-order valence-corrected chi connectivity index (χ3v) is 2.76. The molecular weight excluding hydrogens is 176 g/mol. The van der Waals surface area contributed by atoms with E-state index in [0.717, 1.165) is 23.5 Å². The minimum Gasteiger partial charge on any atom is -0.493 e. The number of benzene rings is 1. The molecule has 0 saturated carbocycles. The van der Waals surface area contributed by atoms with Crippen LogP contribution in [0.15, 0.2) is 6.07 Å². The predicted octanol–water partition coefficient (Wildman–Crippen LogP) is 2.64. The van der Waals surface area contributed by atoms with Crippen molar-refractivity contribution < 1.29 is 9.47 Å². The van der Waals surface area contributed by atoms with Gasteiger partial charge in [0.05, 0.1) is 7.11 Å². The number of hydrogen-bond acceptors (Lipinski definition) is 2. The van der Waals surface area contributed by atoms with E-state index in [1.165, 1.54) is 11.1 Å². The molecule has 0 aromatic heterocycles. The highest BCUT2D eigenvalue weighted by molar-refractivity contribution is 5.56. The van der Waals surface area contributed by atoms with Gasteiger partial charge in [0.2, 0.25) is 0 Å². The lowest BCUT2D eigenvalue weighted by atomic mass is 10.0. The average Bonchev–Trinajstić information content (AvgIpc) is 2.48. The maximum Gasteiger partial charge on any atom is 0.165 e. The maximum atomic E-state index is 5.77. The highest BCUT2D eigenvalue weighted by Crippen LogP contribution is 2.41. The molecule has 1 aromatic carbocycles. The zero-order valence-corrected chi connectivity index (χ0v) is 9.18.